The summed E-state index contributed by atoms with van der Waals surface area (Å²) in [5.74, 6) is 1.53. The first-order valence-corrected chi connectivity index (χ1v) is 10.4. The Hall–Kier alpha value is -1.06. The monoisotopic (exact) mass is 517 g/mol. The summed E-state index contributed by atoms with van der Waals surface area (Å²) >= 11 is 0. The van der Waals surface area contributed by atoms with Crippen LogP contribution in [0.1, 0.15) is 31.4 Å². The zero-order valence-electron chi connectivity index (χ0n) is 19.0. The lowest BCUT2D eigenvalue weighted by atomic mass is 10.0. The van der Waals surface area contributed by atoms with Crippen molar-refractivity contribution in [3.05, 3.63) is 29.3 Å². The predicted molar refractivity (Wildman–Crippen MR) is 135 cm³/mol. The zero-order valence-corrected chi connectivity index (χ0v) is 21.3. The fourth-order valence-electron chi connectivity index (χ4n) is 3.62. The molecule has 1 saturated heterocycles. The molecule has 0 spiro atoms. The van der Waals surface area contributed by atoms with Crippen LogP contribution < -0.4 is 15.5 Å². The molecule has 0 aliphatic carbocycles. The number of hydrogen-bond donors (Lipinski definition) is 2. The summed E-state index contributed by atoms with van der Waals surface area (Å²) in [4.78, 5) is 9.10. The van der Waals surface area contributed by atoms with Crippen LogP contribution in [0, 0.1) is 12.8 Å². The van der Waals surface area contributed by atoms with E-state index in [1.165, 1.54) is 23.2 Å². The Morgan fingerprint density at radius 2 is 1.90 bits per heavy atom. The van der Waals surface area contributed by atoms with E-state index in [-0.39, 0.29) is 24.0 Å². The van der Waals surface area contributed by atoms with E-state index in [0.29, 0.717) is 12.0 Å². The molecule has 0 aromatic heterocycles. The minimum absolute atomic E-state index is 0. The molecule has 0 saturated carbocycles. The molecule has 1 fully saturated rings. The molecule has 6 nitrogen and oxygen atoms in total. The number of morpholine rings is 1. The second kappa shape index (κ2) is 13.3. The first-order chi connectivity index (χ1) is 13.4. The third-order valence-electron chi connectivity index (χ3n) is 5.32. The third kappa shape index (κ3) is 8.68. The van der Waals surface area contributed by atoms with Crippen LogP contribution in [0.4, 0.5) is 5.69 Å². The number of guanidine groups is 1. The molecule has 1 aromatic rings. The number of aryl methyl sites for hydroxylation is 1. The zero-order chi connectivity index (χ0) is 20.5. The van der Waals surface area contributed by atoms with Crippen LogP contribution in [-0.2, 0) is 11.3 Å². The van der Waals surface area contributed by atoms with Crippen molar-refractivity contribution >= 4 is 35.6 Å². The van der Waals surface area contributed by atoms with Crippen molar-refractivity contribution in [1.29, 1.82) is 0 Å². The van der Waals surface area contributed by atoms with Crippen LogP contribution in [-0.4, -0.2) is 70.9 Å². The summed E-state index contributed by atoms with van der Waals surface area (Å²) in [7, 11) is 5.98. The van der Waals surface area contributed by atoms with Crippen LogP contribution in [0.3, 0.4) is 0 Å². The van der Waals surface area contributed by atoms with Gasteiger partial charge < -0.3 is 20.3 Å². The SMILES string of the molecule is CN=C(NCc1ccc(N(C)C)cc1C)NCC(CC(C)C)N1CCOCC1.I. The average Bonchev–Trinajstić information content (AvgIpc) is 2.68. The number of hydrogen-bond acceptors (Lipinski definition) is 4. The van der Waals surface area contributed by atoms with Crippen LogP contribution in [0.25, 0.3) is 0 Å². The number of rotatable bonds is 8. The molecule has 166 valence electrons. The Morgan fingerprint density at radius 1 is 1.21 bits per heavy atom. The fraction of sp³-hybridized carbons (Fsp3) is 0.682. The van der Waals surface area contributed by atoms with E-state index in [9.17, 15) is 0 Å². The van der Waals surface area contributed by atoms with E-state index in [1.54, 1.807) is 0 Å². The predicted octanol–water partition coefficient (Wildman–Crippen LogP) is 3.09. The maximum Gasteiger partial charge on any atom is 0.191 e. The molecule has 29 heavy (non-hydrogen) atoms. The van der Waals surface area contributed by atoms with E-state index < -0.39 is 0 Å². The van der Waals surface area contributed by atoms with Crippen LogP contribution >= 0.6 is 24.0 Å². The molecule has 0 radical (unpaired) electrons. The highest BCUT2D eigenvalue weighted by Gasteiger charge is 2.22. The Balaban J connectivity index is 0.00000420. The molecule has 1 atom stereocenters. The minimum Gasteiger partial charge on any atom is -0.379 e. The summed E-state index contributed by atoms with van der Waals surface area (Å²) in [6.45, 7) is 12.1. The number of ether oxygens (including phenoxy) is 1. The van der Waals surface area contributed by atoms with Gasteiger partial charge in [-0.2, -0.15) is 0 Å². The van der Waals surface area contributed by atoms with Gasteiger partial charge in [0, 0.05) is 59.1 Å². The lowest BCUT2D eigenvalue weighted by Gasteiger charge is -2.35. The number of aliphatic imine (C=N–C) groups is 1. The Bertz CT molecular complexity index is 630. The molecule has 1 aliphatic rings. The summed E-state index contributed by atoms with van der Waals surface area (Å²) in [5.41, 5.74) is 3.81. The van der Waals surface area contributed by atoms with E-state index in [2.05, 4.69) is 78.5 Å². The van der Waals surface area contributed by atoms with E-state index in [1.807, 2.05) is 7.05 Å². The van der Waals surface area contributed by atoms with Gasteiger partial charge in [-0.25, -0.2) is 0 Å². The normalized spacial score (nSPS) is 16.3. The van der Waals surface area contributed by atoms with E-state index in [4.69, 9.17) is 4.74 Å². The van der Waals surface area contributed by atoms with Gasteiger partial charge in [-0.3, -0.25) is 9.89 Å². The second-order valence-corrected chi connectivity index (χ2v) is 8.24. The van der Waals surface area contributed by atoms with Crippen LogP contribution in [0.15, 0.2) is 23.2 Å². The highest BCUT2D eigenvalue weighted by atomic mass is 127. The average molecular weight is 518 g/mol. The molecular formula is C22H40IN5O. The topological polar surface area (TPSA) is 52.1 Å². The molecule has 2 rings (SSSR count). The van der Waals surface area contributed by atoms with Gasteiger partial charge in [0.2, 0.25) is 0 Å². The van der Waals surface area contributed by atoms with Crippen LogP contribution in [0.5, 0.6) is 0 Å². The highest BCUT2D eigenvalue weighted by molar-refractivity contribution is 14.0. The summed E-state index contributed by atoms with van der Waals surface area (Å²) in [6.07, 6.45) is 1.18. The van der Waals surface area contributed by atoms with Gasteiger partial charge in [-0.15, -0.1) is 24.0 Å². The molecule has 1 aliphatic heterocycles. The molecule has 0 bridgehead atoms. The van der Waals surface area contributed by atoms with Gasteiger partial charge in [0.15, 0.2) is 5.96 Å². The second-order valence-electron chi connectivity index (χ2n) is 8.24. The fourth-order valence-corrected chi connectivity index (χ4v) is 3.62. The smallest absolute Gasteiger partial charge is 0.191 e. The molecule has 2 N–H and O–H groups in total. The lowest BCUT2D eigenvalue weighted by Crippen LogP contribution is -2.51. The third-order valence-corrected chi connectivity index (χ3v) is 5.32. The Labute approximate surface area is 194 Å². The van der Waals surface area contributed by atoms with E-state index >= 15 is 0 Å². The Morgan fingerprint density at radius 3 is 2.45 bits per heavy atom. The van der Waals surface area contributed by atoms with Crippen molar-refractivity contribution in [3.63, 3.8) is 0 Å². The van der Waals surface area contributed by atoms with Gasteiger partial charge in [0.25, 0.3) is 0 Å². The largest absolute Gasteiger partial charge is 0.379 e. The Kier molecular flexibility index (Phi) is 11.9. The lowest BCUT2D eigenvalue weighted by molar-refractivity contribution is 0.0132. The number of halogens is 1. The molecular weight excluding hydrogens is 477 g/mol. The summed E-state index contributed by atoms with van der Waals surface area (Å²) in [6, 6.07) is 7.09. The number of nitrogens with zero attached hydrogens (tertiary/aromatic N) is 3. The van der Waals surface area contributed by atoms with Gasteiger partial charge in [0.05, 0.1) is 13.2 Å². The minimum atomic E-state index is 0. The summed E-state index contributed by atoms with van der Waals surface area (Å²) in [5, 5.41) is 7.01. The van der Waals surface area contributed by atoms with Crippen molar-refractivity contribution in [1.82, 2.24) is 15.5 Å². The highest BCUT2D eigenvalue weighted by Crippen LogP contribution is 2.17. The van der Waals surface area contributed by atoms with Gasteiger partial charge in [-0.05, 0) is 42.5 Å². The molecule has 1 unspecified atom stereocenters. The summed E-state index contributed by atoms with van der Waals surface area (Å²) < 4.78 is 5.52. The number of anilines is 1. The molecule has 1 aromatic carbocycles. The standard InChI is InChI=1S/C22H39N5O.HI/c1-17(2)13-21(27-9-11-28-12-10-27)16-25-22(23-4)24-15-19-7-8-20(26(5)6)14-18(19)3;/h7-8,14,17,21H,9-13,15-16H2,1-6H3,(H2,23,24,25);1H. The van der Waals surface area contributed by atoms with Crippen molar-refractivity contribution in [2.75, 3.05) is 58.9 Å². The maximum absolute atomic E-state index is 5.52. The van der Waals surface area contributed by atoms with Crippen molar-refractivity contribution in [2.24, 2.45) is 10.9 Å². The first kappa shape index (κ1) is 26.0. The van der Waals surface area contributed by atoms with Gasteiger partial charge >= 0.3 is 0 Å². The van der Waals surface area contributed by atoms with Gasteiger partial charge in [-0.1, -0.05) is 19.9 Å². The van der Waals surface area contributed by atoms with Crippen molar-refractivity contribution in [3.8, 4) is 0 Å². The quantitative estimate of drug-likeness (QED) is 0.316. The molecule has 7 heteroatoms. The van der Waals surface area contributed by atoms with Crippen LogP contribution in [0.2, 0.25) is 0 Å². The molecule has 1 heterocycles. The first-order valence-electron chi connectivity index (χ1n) is 10.4. The molecule has 0 amide bonds. The van der Waals surface area contributed by atoms with Gasteiger partial charge in [0.1, 0.15) is 0 Å². The van der Waals surface area contributed by atoms with Crippen molar-refractivity contribution < 1.29 is 4.74 Å². The number of benzene rings is 1. The van der Waals surface area contributed by atoms with E-state index in [0.717, 1.165) is 45.4 Å². The maximum atomic E-state index is 5.52. The number of nitrogens with one attached hydrogen (secondary N) is 2. The van der Waals surface area contributed by atoms with Crippen molar-refractivity contribution in [2.45, 2.75) is 39.8 Å².